The summed E-state index contributed by atoms with van der Waals surface area (Å²) in [5.74, 6) is -0.175. The molecule has 1 atom stereocenters. The number of amides is 1. The minimum absolute atomic E-state index is 0.175. The summed E-state index contributed by atoms with van der Waals surface area (Å²) in [6.07, 6.45) is -0.482. The van der Waals surface area contributed by atoms with Crippen molar-refractivity contribution in [3.8, 4) is 0 Å². The highest BCUT2D eigenvalue weighted by Gasteiger charge is 2.29. The highest BCUT2D eigenvalue weighted by atomic mass is 32.1. The summed E-state index contributed by atoms with van der Waals surface area (Å²) in [7, 11) is 0. The second kappa shape index (κ2) is 5.42. The van der Waals surface area contributed by atoms with Gasteiger partial charge in [-0.05, 0) is 27.7 Å². The molecule has 0 aromatic carbocycles. The lowest BCUT2D eigenvalue weighted by Crippen LogP contribution is -2.45. The summed E-state index contributed by atoms with van der Waals surface area (Å²) in [6.45, 7) is 7.76. The molecule has 1 amide bonds. The van der Waals surface area contributed by atoms with Crippen molar-refractivity contribution in [1.29, 1.82) is 0 Å². The number of aromatic nitrogens is 2. The van der Waals surface area contributed by atoms with Gasteiger partial charge in [-0.25, -0.2) is 0 Å². The Bertz CT molecular complexity index is 391. The van der Waals surface area contributed by atoms with E-state index in [1.165, 1.54) is 11.3 Å². The van der Waals surface area contributed by atoms with Gasteiger partial charge in [-0.2, -0.15) is 0 Å². The predicted molar refractivity (Wildman–Crippen MR) is 66.6 cm³/mol. The van der Waals surface area contributed by atoms with Gasteiger partial charge in [-0.3, -0.25) is 4.79 Å². The number of carbonyl (C=O) groups excluding carboxylic acids is 1. The van der Waals surface area contributed by atoms with E-state index >= 15 is 0 Å². The molecule has 1 aromatic heterocycles. The van der Waals surface area contributed by atoms with Crippen LogP contribution in [0.5, 0.6) is 0 Å². The normalized spacial score (nSPS) is 13.4. The minimum atomic E-state index is -0.599. The van der Waals surface area contributed by atoms with Gasteiger partial charge in [0.25, 0.3) is 0 Å². The SMILES string of the molecule is CCO[C@H](C)C(=O)NC(C)(C)c1nnc(N)s1. The summed E-state index contributed by atoms with van der Waals surface area (Å²) in [4.78, 5) is 11.8. The smallest absolute Gasteiger partial charge is 0.249 e. The fourth-order valence-electron chi connectivity index (χ4n) is 1.28. The van der Waals surface area contributed by atoms with E-state index in [0.29, 0.717) is 16.7 Å². The first-order valence-corrected chi connectivity index (χ1v) is 6.21. The third-order valence-corrected chi connectivity index (χ3v) is 3.27. The summed E-state index contributed by atoms with van der Waals surface area (Å²) in [6, 6.07) is 0. The van der Waals surface area contributed by atoms with E-state index < -0.39 is 11.6 Å². The Kier molecular flexibility index (Phi) is 4.41. The van der Waals surface area contributed by atoms with Crippen LogP contribution in [-0.4, -0.2) is 28.8 Å². The zero-order valence-electron chi connectivity index (χ0n) is 10.5. The van der Waals surface area contributed by atoms with Gasteiger partial charge in [-0.15, -0.1) is 10.2 Å². The number of ether oxygens (including phenoxy) is 1. The minimum Gasteiger partial charge on any atom is -0.374 e. The summed E-state index contributed by atoms with van der Waals surface area (Å²) in [5.41, 5.74) is 4.92. The van der Waals surface area contributed by atoms with Crippen molar-refractivity contribution < 1.29 is 9.53 Å². The van der Waals surface area contributed by atoms with E-state index in [-0.39, 0.29) is 5.91 Å². The topological polar surface area (TPSA) is 90.1 Å². The molecule has 0 saturated heterocycles. The van der Waals surface area contributed by atoms with Gasteiger partial charge in [0.15, 0.2) is 0 Å². The maximum Gasteiger partial charge on any atom is 0.249 e. The van der Waals surface area contributed by atoms with Crippen LogP contribution in [0.15, 0.2) is 0 Å². The zero-order valence-corrected chi connectivity index (χ0v) is 11.3. The molecule has 3 N–H and O–H groups in total. The van der Waals surface area contributed by atoms with Crippen molar-refractivity contribution in [1.82, 2.24) is 15.5 Å². The maximum absolute atomic E-state index is 11.8. The van der Waals surface area contributed by atoms with Crippen LogP contribution in [-0.2, 0) is 15.1 Å². The molecule has 96 valence electrons. The Balaban J connectivity index is 2.69. The van der Waals surface area contributed by atoms with E-state index in [2.05, 4.69) is 15.5 Å². The summed E-state index contributed by atoms with van der Waals surface area (Å²) >= 11 is 1.26. The van der Waals surface area contributed by atoms with Crippen LogP contribution in [0, 0.1) is 0 Å². The Morgan fingerprint density at radius 1 is 1.59 bits per heavy atom. The monoisotopic (exact) mass is 258 g/mol. The van der Waals surface area contributed by atoms with Gasteiger partial charge in [0.1, 0.15) is 11.1 Å². The molecular weight excluding hydrogens is 240 g/mol. The molecule has 0 aliphatic rings. The largest absolute Gasteiger partial charge is 0.374 e. The highest BCUT2D eigenvalue weighted by molar-refractivity contribution is 7.15. The zero-order chi connectivity index (χ0) is 13.1. The molecule has 0 saturated carbocycles. The lowest BCUT2D eigenvalue weighted by atomic mass is 10.1. The number of nitrogens with zero attached hydrogens (tertiary/aromatic N) is 2. The molecule has 1 heterocycles. The van der Waals surface area contributed by atoms with Crippen LogP contribution in [0.1, 0.15) is 32.7 Å². The molecular formula is C10H18N4O2S. The molecule has 0 radical (unpaired) electrons. The van der Waals surface area contributed by atoms with Gasteiger partial charge in [-0.1, -0.05) is 11.3 Å². The van der Waals surface area contributed by atoms with E-state index in [4.69, 9.17) is 10.5 Å². The summed E-state index contributed by atoms with van der Waals surface area (Å²) < 4.78 is 5.22. The second-order valence-electron chi connectivity index (χ2n) is 4.16. The van der Waals surface area contributed by atoms with Crippen molar-refractivity contribution in [2.45, 2.75) is 39.3 Å². The van der Waals surface area contributed by atoms with E-state index in [9.17, 15) is 4.79 Å². The van der Waals surface area contributed by atoms with Crippen LogP contribution in [0.3, 0.4) is 0 Å². The Morgan fingerprint density at radius 3 is 2.71 bits per heavy atom. The number of carbonyl (C=O) groups is 1. The molecule has 0 aliphatic heterocycles. The van der Waals surface area contributed by atoms with Crippen LogP contribution in [0.4, 0.5) is 5.13 Å². The molecule has 1 aromatic rings. The fraction of sp³-hybridized carbons (Fsp3) is 0.700. The van der Waals surface area contributed by atoms with Gasteiger partial charge < -0.3 is 15.8 Å². The number of nitrogen functional groups attached to an aromatic ring is 1. The highest BCUT2D eigenvalue weighted by Crippen LogP contribution is 2.24. The lowest BCUT2D eigenvalue weighted by Gasteiger charge is -2.25. The molecule has 0 unspecified atom stereocenters. The third-order valence-electron chi connectivity index (χ3n) is 2.20. The standard InChI is InChI=1S/C10H18N4O2S/c1-5-16-6(2)7(15)12-10(3,4)8-13-14-9(11)17-8/h6H,5H2,1-4H3,(H2,11,14)(H,12,15)/t6-/m1/s1. The number of nitrogens with one attached hydrogen (secondary N) is 1. The van der Waals surface area contributed by atoms with E-state index in [1.54, 1.807) is 6.92 Å². The van der Waals surface area contributed by atoms with Gasteiger partial charge >= 0.3 is 0 Å². The second-order valence-corrected chi connectivity index (χ2v) is 5.17. The number of nitrogens with two attached hydrogens (primary N) is 1. The van der Waals surface area contributed by atoms with Crippen LogP contribution < -0.4 is 11.1 Å². The molecule has 0 bridgehead atoms. The van der Waals surface area contributed by atoms with Crippen LogP contribution in [0.25, 0.3) is 0 Å². The van der Waals surface area contributed by atoms with Crippen LogP contribution in [0.2, 0.25) is 0 Å². The molecule has 1 rings (SSSR count). The average Bonchev–Trinajstić information content (AvgIpc) is 2.65. The number of anilines is 1. The maximum atomic E-state index is 11.8. The van der Waals surface area contributed by atoms with E-state index in [1.807, 2.05) is 20.8 Å². The van der Waals surface area contributed by atoms with Crippen molar-refractivity contribution in [2.24, 2.45) is 0 Å². The van der Waals surface area contributed by atoms with Crippen molar-refractivity contribution >= 4 is 22.4 Å². The number of hydrogen-bond donors (Lipinski definition) is 2. The van der Waals surface area contributed by atoms with Crippen molar-refractivity contribution in [3.05, 3.63) is 5.01 Å². The Morgan fingerprint density at radius 2 is 2.24 bits per heavy atom. The molecule has 17 heavy (non-hydrogen) atoms. The Hall–Kier alpha value is -1.21. The molecule has 0 aliphatic carbocycles. The van der Waals surface area contributed by atoms with E-state index in [0.717, 1.165) is 0 Å². The fourth-order valence-corrected chi connectivity index (χ4v) is 1.94. The predicted octanol–water partition coefficient (Wildman–Crippen LogP) is 0.897. The lowest BCUT2D eigenvalue weighted by molar-refractivity contribution is -0.133. The molecule has 6 nitrogen and oxygen atoms in total. The first-order valence-electron chi connectivity index (χ1n) is 5.40. The Labute approximate surface area is 105 Å². The number of hydrogen-bond acceptors (Lipinski definition) is 6. The molecule has 0 spiro atoms. The average molecular weight is 258 g/mol. The van der Waals surface area contributed by atoms with Crippen molar-refractivity contribution in [3.63, 3.8) is 0 Å². The number of rotatable bonds is 5. The molecule has 0 fully saturated rings. The third kappa shape index (κ3) is 3.64. The van der Waals surface area contributed by atoms with Crippen molar-refractivity contribution in [2.75, 3.05) is 12.3 Å². The quantitative estimate of drug-likeness (QED) is 0.818. The van der Waals surface area contributed by atoms with Gasteiger partial charge in [0.2, 0.25) is 11.0 Å². The van der Waals surface area contributed by atoms with Gasteiger partial charge in [0.05, 0.1) is 5.54 Å². The van der Waals surface area contributed by atoms with Crippen LogP contribution >= 0.6 is 11.3 Å². The first kappa shape index (κ1) is 13.9. The first-order chi connectivity index (χ1) is 7.86. The van der Waals surface area contributed by atoms with Gasteiger partial charge in [0, 0.05) is 6.61 Å². The molecule has 7 heteroatoms. The summed E-state index contributed by atoms with van der Waals surface area (Å²) in [5, 5.41) is 11.6.